The molecular formula is C29H28F4N10O. The summed E-state index contributed by atoms with van der Waals surface area (Å²) >= 11 is 0. The number of amides is 1. The van der Waals surface area contributed by atoms with Crippen LogP contribution in [0.5, 0.6) is 0 Å². The highest BCUT2D eigenvalue weighted by molar-refractivity contribution is 6.04. The number of nitrogen functional groups attached to an aromatic ring is 1. The van der Waals surface area contributed by atoms with Crippen LogP contribution < -0.4 is 11.1 Å². The predicted octanol–water partition coefficient (Wildman–Crippen LogP) is 4.03. The Hall–Kier alpha value is -4.89. The Bertz CT molecular complexity index is 1860. The SMILES string of the molecule is Cc1cc(F)c(NC(=O)c2ccc(CN3CCN(C)CC3)c(C(F)(F)F)c2)cc1-n1cc(-c2cnc3c(N)ncnn23)cn1. The molecule has 0 saturated carbocycles. The molecule has 4 heterocycles. The quantitative estimate of drug-likeness (QED) is 0.277. The van der Waals surface area contributed by atoms with Crippen LogP contribution >= 0.6 is 0 Å². The van der Waals surface area contributed by atoms with Crippen molar-refractivity contribution in [1.82, 2.24) is 39.2 Å². The summed E-state index contributed by atoms with van der Waals surface area (Å²) in [4.78, 5) is 25.3. The van der Waals surface area contributed by atoms with E-state index in [1.165, 1.54) is 39.8 Å². The van der Waals surface area contributed by atoms with Gasteiger partial charge in [0.25, 0.3) is 5.91 Å². The first-order valence-electron chi connectivity index (χ1n) is 13.7. The second-order valence-corrected chi connectivity index (χ2v) is 10.7. The number of alkyl halides is 3. The van der Waals surface area contributed by atoms with Crippen LogP contribution in [0.1, 0.15) is 27.0 Å². The summed E-state index contributed by atoms with van der Waals surface area (Å²) in [6.07, 6.45) is 1.43. The van der Waals surface area contributed by atoms with Gasteiger partial charge >= 0.3 is 6.18 Å². The first-order valence-corrected chi connectivity index (χ1v) is 13.7. The fourth-order valence-corrected chi connectivity index (χ4v) is 5.18. The van der Waals surface area contributed by atoms with Crippen LogP contribution in [0.15, 0.2) is 55.2 Å². The minimum atomic E-state index is -4.67. The number of carbonyl (C=O) groups excluding carboxylic acids is 1. The fourth-order valence-electron chi connectivity index (χ4n) is 5.18. The fraction of sp³-hybridized carbons (Fsp3) is 0.276. The first kappa shape index (κ1) is 29.2. The highest BCUT2D eigenvalue weighted by atomic mass is 19.4. The summed E-state index contributed by atoms with van der Waals surface area (Å²) in [5, 5.41) is 11.0. The van der Waals surface area contributed by atoms with E-state index in [-0.39, 0.29) is 29.2 Å². The third kappa shape index (κ3) is 5.70. The lowest BCUT2D eigenvalue weighted by Crippen LogP contribution is -2.44. The van der Waals surface area contributed by atoms with Crippen molar-refractivity contribution in [3.8, 4) is 16.9 Å². The van der Waals surface area contributed by atoms with Crippen molar-refractivity contribution >= 4 is 23.1 Å². The smallest absolute Gasteiger partial charge is 0.381 e. The molecule has 1 aliphatic rings. The topological polar surface area (TPSA) is 122 Å². The number of nitrogens with one attached hydrogen (secondary N) is 1. The highest BCUT2D eigenvalue weighted by Crippen LogP contribution is 2.34. The summed E-state index contributed by atoms with van der Waals surface area (Å²) < 4.78 is 60.2. The number of likely N-dealkylation sites (N-methyl/N-ethyl adjacent to an activating group) is 1. The van der Waals surface area contributed by atoms with E-state index >= 15 is 4.39 Å². The van der Waals surface area contributed by atoms with Crippen molar-refractivity contribution in [3.05, 3.63) is 83.3 Å². The van der Waals surface area contributed by atoms with Crippen LogP contribution in [-0.4, -0.2) is 78.3 Å². The summed E-state index contributed by atoms with van der Waals surface area (Å²) in [5.41, 5.74) is 7.15. The van der Waals surface area contributed by atoms with Gasteiger partial charge in [-0.2, -0.15) is 23.4 Å². The van der Waals surface area contributed by atoms with Gasteiger partial charge in [-0.25, -0.2) is 23.6 Å². The molecule has 0 atom stereocenters. The third-order valence-electron chi connectivity index (χ3n) is 7.66. The Morgan fingerprint density at radius 2 is 1.82 bits per heavy atom. The third-order valence-corrected chi connectivity index (χ3v) is 7.66. The number of fused-ring (bicyclic) bond motifs is 1. The molecule has 1 aliphatic heterocycles. The number of carbonyl (C=O) groups is 1. The molecule has 11 nitrogen and oxygen atoms in total. The average Bonchev–Trinajstić information content (AvgIpc) is 3.63. The maximum atomic E-state index is 15.0. The number of hydrogen-bond donors (Lipinski definition) is 2. The Kier molecular flexibility index (Phi) is 7.51. The number of aryl methyl sites for hydroxylation is 1. The summed E-state index contributed by atoms with van der Waals surface area (Å²) in [5.74, 6) is -1.41. The van der Waals surface area contributed by atoms with E-state index in [2.05, 4.69) is 30.4 Å². The molecule has 2 aromatic carbocycles. The summed E-state index contributed by atoms with van der Waals surface area (Å²) in [6, 6.07) is 6.06. The van der Waals surface area contributed by atoms with E-state index in [1.54, 1.807) is 25.5 Å². The lowest BCUT2D eigenvalue weighted by Gasteiger charge is -2.33. The van der Waals surface area contributed by atoms with Crippen molar-refractivity contribution in [2.24, 2.45) is 0 Å². The number of halogens is 4. The molecule has 228 valence electrons. The monoisotopic (exact) mass is 608 g/mol. The maximum absolute atomic E-state index is 15.0. The summed E-state index contributed by atoms with van der Waals surface area (Å²) in [7, 11) is 1.97. The number of nitrogens with two attached hydrogens (primary N) is 1. The van der Waals surface area contributed by atoms with Gasteiger partial charge < -0.3 is 16.0 Å². The van der Waals surface area contributed by atoms with Gasteiger partial charge in [-0.3, -0.25) is 9.69 Å². The molecule has 44 heavy (non-hydrogen) atoms. The summed E-state index contributed by atoms with van der Waals surface area (Å²) in [6.45, 7) is 4.59. The largest absolute Gasteiger partial charge is 0.416 e. The Labute approximate surface area is 248 Å². The van der Waals surface area contributed by atoms with Crippen molar-refractivity contribution in [3.63, 3.8) is 0 Å². The Morgan fingerprint density at radius 3 is 2.57 bits per heavy atom. The number of nitrogens with zero attached hydrogens (tertiary/aromatic N) is 8. The van der Waals surface area contributed by atoms with Gasteiger partial charge in [0, 0.05) is 50.0 Å². The van der Waals surface area contributed by atoms with E-state index < -0.39 is 23.5 Å². The van der Waals surface area contributed by atoms with Crippen LogP contribution in [0, 0.1) is 12.7 Å². The number of imidazole rings is 1. The Balaban J connectivity index is 1.26. The van der Waals surface area contributed by atoms with Gasteiger partial charge in [-0.15, -0.1) is 0 Å². The molecule has 0 radical (unpaired) electrons. The van der Waals surface area contributed by atoms with E-state index in [4.69, 9.17) is 5.73 Å². The lowest BCUT2D eigenvalue weighted by atomic mass is 10.0. The minimum Gasteiger partial charge on any atom is -0.381 e. The van der Waals surface area contributed by atoms with E-state index in [1.807, 2.05) is 11.9 Å². The molecule has 15 heteroatoms. The number of piperazine rings is 1. The number of hydrogen-bond acceptors (Lipinski definition) is 8. The van der Waals surface area contributed by atoms with E-state index in [9.17, 15) is 18.0 Å². The zero-order valence-electron chi connectivity index (χ0n) is 23.8. The predicted molar refractivity (Wildman–Crippen MR) is 155 cm³/mol. The molecular weight excluding hydrogens is 580 g/mol. The van der Waals surface area contributed by atoms with Gasteiger partial charge in [0.15, 0.2) is 11.5 Å². The molecule has 1 amide bonds. The van der Waals surface area contributed by atoms with Gasteiger partial charge in [0.05, 0.1) is 35.0 Å². The van der Waals surface area contributed by atoms with Crippen molar-refractivity contribution < 1.29 is 22.4 Å². The zero-order chi connectivity index (χ0) is 31.2. The lowest BCUT2D eigenvalue weighted by molar-refractivity contribution is -0.138. The molecule has 0 spiro atoms. The number of anilines is 2. The second-order valence-electron chi connectivity index (χ2n) is 10.7. The number of aromatic nitrogens is 6. The molecule has 5 aromatic rings. The van der Waals surface area contributed by atoms with Crippen molar-refractivity contribution in [1.29, 1.82) is 0 Å². The van der Waals surface area contributed by atoms with Crippen LogP contribution in [0.2, 0.25) is 0 Å². The molecule has 6 rings (SSSR count). The molecule has 1 fully saturated rings. The second kappa shape index (κ2) is 11.3. The van der Waals surface area contributed by atoms with Crippen molar-refractivity contribution in [2.75, 3.05) is 44.3 Å². The van der Waals surface area contributed by atoms with E-state index in [0.29, 0.717) is 41.2 Å². The van der Waals surface area contributed by atoms with Gasteiger partial charge in [-0.05, 0) is 49.4 Å². The minimum absolute atomic E-state index is 0.0806. The molecule has 0 aliphatic carbocycles. The van der Waals surface area contributed by atoms with Crippen LogP contribution in [0.4, 0.5) is 29.1 Å². The molecule has 3 aromatic heterocycles. The average molecular weight is 609 g/mol. The zero-order valence-corrected chi connectivity index (χ0v) is 23.8. The van der Waals surface area contributed by atoms with E-state index in [0.717, 1.165) is 19.2 Å². The van der Waals surface area contributed by atoms with Crippen molar-refractivity contribution in [2.45, 2.75) is 19.6 Å². The van der Waals surface area contributed by atoms with Crippen LogP contribution in [0.3, 0.4) is 0 Å². The van der Waals surface area contributed by atoms with Gasteiger partial charge in [0.2, 0.25) is 0 Å². The molecule has 1 saturated heterocycles. The molecule has 0 unspecified atom stereocenters. The highest BCUT2D eigenvalue weighted by Gasteiger charge is 2.35. The Morgan fingerprint density at radius 1 is 1.05 bits per heavy atom. The van der Waals surface area contributed by atoms with Crippen LogP contribution in [-0.2, 0) is 12.7 Å². The standard InChI is InChI=1S/C29H28F4N10O/c1-17-9-22(30)23(11-24(17)42-15-20(12-37-42)25-13-35-27-26(34)36-16-38-43(25)27)39-28(44)18-3-4-19(21(10-18)29(31,32)33)14-41-7-5-40(2)6-8-41/h3-4,9-13,15-16H,5-8,14H2,1-2H3,(H,39,44)(H2,34,36,38). The number of benzene rings is 2. The van der Waals surface area contributed by atoms with Crippen LogP contribution in [0.25, 0.3) is 22.6 Å². The number of rotatable bonds is 6. The molecule has 3 N–H and O–H groups in total. The first-order chi connectivity index (χ1) is 21.0. The van der Waals surface area contributed by atoms with Gasteiger partial charge in [0.1, 0.15) is 12.1 Å². The van der Waals surface area contributed by atoms with Gasteiger partial charge in [-0.1, -0.05) is 6.07 Å². The molecule has 0 bridgehead atoms. The maximum Gasteiger partial charge on any atom is 0.416 e. The normalized spacial score (nSPS) is 14.8.